The van der Waals surface area contributed by atoms with Crippen LogP contribution in [0.3, 0.4) is 0 Å². The van der Waals surface area contributed by atoms with E-state index in [1.54, 1.807) is 19.2 Å². The number of amides is 1. The van der Waals surface area contributed by atoms with Crippen molar-refractivity contribution in [1.29, 1.82) is 0 Å². The standard InChI is InChI=1S/C26H22ClN3O3/c1-15-3-5-16(6-4-15)14-30-25(17-7-10-19(33-2)11-8-17)22-23(28-29-24(22)26(30)32)20-13-18(27)9-12-21(20)31/h3-13,25,31H,14H2,1-2H3,(H,28,29). The van der Waals surface area contributed by atoms with Gasteiger partial charge in [-0.3, -0.25) is 9.89 Å². The largest absolute Gasteiger partial charge is 0.507 e. The molecule has 1 aromatic heterocycles. The number of nitrogens with one attached hydrogen (secondary N) is 1. The van der Waals surface area contributed by atoms with E-state index >= 15 is 0 Å². The van der Waals surface area contributed by atoms with Crippen molar-refractivity contribution in [3.05, 3.63) is 99.7 Å². The monoisotopic (exact) mass is 459 g/mol. The number of aromatic amines is 1. The molecule has 0 saturated heterocycles. The second-order valence-electron chi connectivity index (χ2n) is 8.12. The van der Waals surface area contributed by atoms with Gasteiger partial charge in [-0.05, 0) is 48.4 Å². The SMILES string of the molecule is COc1ccc(C2c3c(-c4cc(Cl)ccc4O)n[nH]c3C(=O)N2Cc2ccc(C)cc2)cc1. The number of hydrogen-bond acceptors (Lipinski definition) is 4. The fourth-order valence-corrected chi connectivity index (χ4v) is 4.46. The third-order valence-electron chi connectivity index (χ3n) is 5.98. The molecule has 166 valence electrons. The number of aromatic nitrogens is 2. The number of phenols is 1. The molecule has 1 amide bonds. The highest BCUT2D eigenvalue weighted by atomic mass is 35.5. The quantitative estimate of drug-likeness (QED) is 0.413. The number of carbonyl (C=O) groups excluding carboxylic acids is 1. The van der Waals surface area contributed by atoms with Crippen molar-refractivity contribution in [3.8, 4) is 22.8 Å². The number of methoxy groups -OCH3 is 1. The Balaban J connectivity index is 1.65. The number of nitrogens with zero attached hydrogens (tertiary/aromatic N) is 2. The lowest BCUT2D eigenvalue weighted by molar-refractivity contribution is 0.0730. The molecule has 0 radical (unpaired) electrons. The van der Waals surface area contributed by atoms with Crippen LogP contribution in [-0.2, 0) is 6.54 Å². The lowest BCUT2D eigenvalue weighted by atomic mass is 9.95. The first-order chi connectivity index (χ1) is 16.0. The number of H-pyrrole nitrogens is 1. The Kier molecular flexibility index (Phi) is 5.30. The van der Waals surface area contributed by atoms with Crippen LogP contribution in [0, 0.1) is 6.92 Å². The van der Waals surface area contributed by atoms with E-state index < -0.39 is 6.04 Å². The molecule has 1 atom stereocenters. The Hall–Kier alpha value is -3.77. The van der Waals surface area contributed by atoms with Gasteiger partial charge < -0.3 is 14.7 Å². The third kappa shape index (κ3) is 3.72. The minimum atomic E-state index is -0.396. The molecule has 1 aliphatic heterocycles. The number of aryl methyl sites for hydroxylation is 1. The summed E-state index contributed by atoms with van der Waals surface area (Å²) in [7, 11) is 1.62. The summed E-state index contributed by atoms with van der Waals surface area (Å²) < 4.78 is 5.32. The average molecular weight is 460 g/mol. The number of benzene rings is 3. The number of carbonyl (C=O) groups is 1. The van der Waals surface area contributed by atoms with Gasteiger partial charge in [0.1, 0.15) is 22.9 Å². The highest BCUT2D eigenvalue weighted by Gasteiger charge is 2.42. The van der Waals surface area contributed by atoms with E-state index in [9.17, 15) is 9.90 Å². The zero-order valence-corrected chi connectivity index (χ0v) is 18.9. The minimum absolute atomic E-state index is 0.0478. The predicted octanol–water partition coefficient (Wildman–Crippen LogP) is 5.50. The van der Waals surface area contributed by atoms with E-state index in [0.29, 0.717) is 28.5 Å². The van der Waals surface area contributed by atoms with Crippen LogP contribution in [0.2, 0.25) is 5.02 Å². The van der Waals surface area contributed by atoms with Crippen molar-refractivity contribution in [2.75, 3.05) is 7.11 Å². The first-order valence-electron chi connectivity index (χ1n) is 10.5. The normalized spacial score (nSPS) is 15.1. The molecular formula is C26H22ClN3O3. The van der Waals surface area contributed by atoms with Crippen molar-refractivity contribution in [2.45, 2.75) is 19.5 Å². The number of rotatable bonds is 5. The topological polar surface area (TPSA) is 78.5 Å². The molecule has 6 nitrogen and oxygen atoms in total. The molecule has 3 aromatic carbocycles. The van der Waals surface area contributed by atoms with Crippen LogP contribution in [0.15, 0.2) is 66.7 Å². The molecule has 2 N–H and O–H groups in total. The molecular weight excluding hydrogens is 438 g/mol. The van der Waals surface area contributed by atoms with Crippen LogP contribution in [-0.4, -0.2) is 33.2 Å². The van der Waals surface area contributed by atoms with Crippen LogP contribution in [0.5, 0.6) is 11.5 Å². The fraction of sp³-hybridized carbons (Fsp3) is 0.154. The lowest BCUT2D eigenvalue weighted by Crippen LogP contribution is -2.29. The summed E-state index contributed by atoms with van der Waals surface area (Å²) in [6.07, 6.45) is 0. The van der Waals surface area contributed by atoms with Gasteiger partial charge in [0.25, 0.3) is 5.91 Å². The lowest BCUT2D eigenvalue weighted by Gasteiger charge is -2.27. The van der Waals surface area contributed by atoms with Gasteiger partial charge in [0, 0.05) is 22.7 Å². The molecule has 0 bridgehead atoms. The predicted molar refractivity (Wildman–Crippen MR) is 127 cm³/mol. The Bertz CT molecular complexity index is 1330. The summed E-state index contributed by atoms with van der Waals surface area (Å²) in [6, 6.07) is 20.2. The summed E-state index contributed by atoms with van der Waals surface area (Å²) in [4.78, 5) is 15.3. The Morgan fingerprint density at radius 3 is 2.52 bits per heavy atom. The van der Waals surface area contributed by atoms with Crippen molar-refractivity contribution in [3.63, 3.8) is 0 Å². The number of aromatic hydroxyl groups is 1. The zero-order valence-electron chi connectivity index (χ0n) is 18.2. The Morgan fingerprint density at radius 2 is 1.82 bits per heavy atom. The molecule has 0 spiro atoms. The minimum Gasteiger partial charge on any atom is -0.507 e. The number of halogens is 1. The number of fused-ring (bicyclic) bond motifs is 1. The van der Waals surface area contributed by atoms with Gasteiger partial charge in [0.05, 0.1) is 13.2 Å². The average Bonchev–Trinajstić information content (AvgIpc) is 3.36. The van der Waals surface area contributed by atoms with Gasteiger partial charge in [-0.15, -0.1) is 0 Å². The smallest absolute Gasteiger partial charge is 0.273 e. The molecule has 7 heteroatoms. The molecule has 4 aromatic rings. The van der Waals surface area contributed by atoms with Gasteiger partial charge in [0.2, 0.25) is 0 Å². The van der Waals surface area contributed by atoms with Crippen LogP contribution in [0.25, 0.3) is 11.3 Å². The summed E-state index contributed by atoms with van der Waals surface area (Å²) in [5.74, 6) is 0.631. The second kappa shape index (κ2) is 8.30. The van der Waals surface area contributed by atoms with Crippen LogP contribution in [0.1, 0.15) is 38.8 Å². The van der Waals surface area contributed by atoms with Crippen molar-refractivity contribution >= 4 is 17.5 Å². The molecule has 0 aliphatic carbocycles. The maximum absolute atomic E-state index is 13.5. The molecule has 0 saturated carbocycles. The molecule has 0 fully saturated rings. The van der Waals surface area contributed by atoms with E-state index in [1.165, 1.54) is 6.07 Å². The molecule has 33 heavy (non-hydrogen) atoms. The highest BCUT2D eigenvalue weighted by molar-refractivity contribution is 6.31. The van der Waals surface area contributed by atoms with E-state index in [1.807, 2.05) is 60.4 Å². The van der Waals surface area contributed by atoms with Gasteiger partial charge in [-0.2, -0.15) is 5.10 Å². The van der Waals surface area contributed by atoms with Gasteiger partial charge in [-0.1, -0.05) is 53.6 Å². The van der Waals surface area contributed by atoms with Crippen LogP contribution < -0.4 is 4.74 Å². The van der Waals surface area contributed by atoms with E-state index in [2.05, 4.69) is 10.2 Å². The Labute approximate surface area is 196 Å². The summed E-state index contributed by atoms with van der Waals surface area (Å²) >= 11 is 6.21. The van der Waals surface area contributed by atoms with Crippen molar-refractivity contribution in [1.82, 2.24) is 15.1 Å². The maximum atomic E-state index is 13.5. The maximum Gasteiger partial charge on any atom is 0.273 e. The zero-order chi connectivity index (χ0) is 23.1. The van der Waals surface area contributed by atoms with Crippen LogP contribution >= 0.6 is 11.6 Å². The van der Waals surface area contributed by atoms with Crippen LogP contribution in [0.4, 0.5) is 0 Å². The van der Waals surface area contributed by atoms with Gasteiger partial charge in [0.15, 0.2) is 0 Å². The second-order valence-corrected chi connectivity index (χ2v) is 8.55. The summed E-state index contributed by atoms with van der Waals surface area (Å²) in [5, 5.41) is 18.3. The summed E-state index contributed by atoms with van der Waals surface area (Å²) in [5.41, 5.74) is 5.21. The van der Waals surface area contributed by atoms with E-state index in [0.717, 1.165) is 28.0 Å². The van der Waals surface area contributed by atoms with Crippen molar-refractivity contribution in [2.24, 2.45) is 0 Å². The van der Waals surface area contributed by atoms with Crippen molar-refractivity contribution < 1.29 is 14.6 Å². The number of hydrogen-bond donors (Lipinski definition) is 2. The first kappa shape index (κ1) is 21.1. The number of ether oxygens (including phenoxy) is 1. The van der Waals surface area contributed by atoms with Gasteiger partial charge in [-0.25, -0.2) is 0 Å². The van der Waals surface area contributed by atoms with E-state index in [-0.39, 0.29) is 11.7 Å². The molecule has 1 unspecified atom stereocenters. The number of phenolic OH excluding ortho intramolecular Hbond substituents is 1. The highest BCUT2D eigenvalue weighted by Crippen LogP contribution is 2.45. The van der Waals surface area contributed by atoms with E-state index in [4.69, 9.17) is 16.3 Å². The molecule has 5 rings (SSSR count). The molecule has 1 aliphatic rings. The first-order valence-corrected chi connectivity index (χ1v) is 10.9. The third-order valence-corrected chi connectivity index (χ3v) is 6.22. The summed E-state index contributed by atoms with van der Waals surface area (Å²) in [6.45, 7) is 2.46. The fourth-order valence-electron chi connectivity index (χ4n) is 4.29. The Morgan fingerprint density at radius 1 is 1.09 bits per heavy atom. The molecule has 2 heterocycles. The van der Waals surface area contributed by atoms with Gasteiger partial charge >= 0.3 is 0 Å².